The lowest BCUT2D eigenvalue weighted by molar-refractivity contribution is -0.152. The Balaban J connectivity index is 1.59. The predicted octanol–water partition coefficient (Wildman–Crippen LogP) is 4.45. The molecule has 3 rings (SSSR count). The van der Waals surface area contributed by atoms with Crippen molar-refractivity contribution >= 4 is 33.3 Å². The number of methoxy groups -OCH3 is 1. The van der Waals surface area contributed by atoms with Gasteiger partial charge in [-0.05, 0) is 86.0 Å². The van der Waals surface area contributed by atoms with Crippen LogP contribution >= 0.6 is 11.6 Å². The third-order valence-corrected chi connectivity index (χ3v) is 7.41. The van der Waals surface area contributed by atoms with E-state index in [9.17, 15) is 18.0 Å². The van der Waals surface area contributed by atoms with Crippen LogP contribution in [0.25, 0.3) is 0 Å². The summed E-state index contributed by atoms with van der Waals surface area (Å²) < 4.78 is 40.8. The minimum Gasteiger partial charge on any atom is -0.497 e. The first-order valence-electron chi connectivity index (χ1n) is 11.6. The molecular formula is C27H28ClNO7S. The molecule has 0 aliphatic carbocycles. The fourth-order valence-corrected chi connectivity index (χ4v) is 4.83. The van der Waals surface area contributed by atoms with E-state index in [0.29, 0.717) is 34.9 Å². The largest absolute Gasteiger partial charge is 0.497 e. The first-order valence-corrected chi connectivity index (χ1v) is 13.6. The number of ether oxygens (including phenoxy) is 3. The Kier molecular flexibility index (Phi) is 9.93. The summed E-state index contributed by atoms with van der Waals surface area (Å²) in [7, 11) is -1.88. The average molecular weight is 546 g/mol. The summed E-state index contributed by atoms with van der Waals surface area (Å²) in [5.74, 6) is -0.321. The molecule has 0 aliphatic heterocycles. The summed E-state index contributed by atoms with van der Waals surface area (Å²) in [6.45, 7) is 1.77. The predicted molar refractivity (Wildman–Crippen MR) is 140 cm³/mol. The number of esters is 1. The minimum absolute atomic E-state index is 0.00475. The van der Waals surface area contributed by atoms with E-state index in [0.717, 1.165) is 5.56 Å². The summed E-state index contributed by atoms with van der Waals surface area (Å²) >= 11 is 5.83. The number of carbonyl (C=O) groups excluding carboxylic acids is 2. The van der Waals surface area contributed by atoms with Crippen LogP contribution in [0.15, 0.2) is 77.7 Å². The Morgan fingerprint density at radius 3 is 2.14 bits per heavy atom. The van der Waals surface area contributed by atoms with Crippen LogP contribution in [0.4, 0.5) is 0 Å². The zero-order chi connectivity index (χ0) is 26.8. The summed E-state index contributed by atoms with van der Waals surface area (Å²) in [5, 5.41) is 3.02. The summed E-state index contributed by atoms with van der Waals surface area (Å²) in [6.07, 6.45) is -0.401. The summed E-state index contributed by atoms with van der Waals surface area (Å²) in [4.78, 5) is 25.3. The first-order chi connectivity index (χ1) is 17.7. The number of benzene rings is 3. The van der Waals surface area contributed by atoms with Gasteiger partial charge in [-0.2, -0.15) is 0 Å². The number of sulfone groups is 1. The quantitative estimate of drug-likeness (QED) is 0.264. The molecule has 0 saturated carbocycles. The van der Waals surface area contributed by atoms with Gasteiger partial charge in [0.1, 0.15) is 11.5 Å². The number of carbonyl (C=O) groups is 2. The number of hydrogen-bond acceptors (Lipinski definition) is 7. The molecule has 0 fully saturated rings. The standard InChI is InChI=1S/C27H28ClNO7S/c1-3-35-27(31)26(29-25(30)20-8-14-22(34-2)15-9-20)36-23-12-6-19(7-13-23)5-4-18-37(32,33)24-16-10-21(28)11-17-24/h6-17,26H,3-5,18H2,1-2H3,(H,29,30). The Morgan fingerprint density at radius 1 is 0.919 bits per heavy atom. The maximum absolute atomic E-state index is 12.6. The highest BCUT2D eigenvalue weighted by Gasteiger charge is 2.25. The van der Waals surface area contributed by atoms with Gasteiger partial charge in [0.2, 0.25) is 0 Å². The third kappa shape index (κ3) is 8.23. The molecule has 1 atom stereocenters. The second kappa shape index (κ2) is 13.1. The van der Waals surface area contributed by atoms with Crippen LogP contribution in [0.1, 0.15) is 29.3 Å². The second-order valence-electron chi connectivity index (χ2n) is 7.97. The third-order valence-electron chi connectivity index (χ3n) is 5.34. The molecule has 3 aromatic rings. The molecule has 0 saturated heterocycles. The zero-order valence-corrected chi connectivity index (χ0v) is 22.1. The van der Waals surface area contributed by atoms with Crippen molar-refractivity contribution in [3.63, 3.8) is 0 Å². The fraction of sp³-hybridized carbons (Fsp3) is 0.259. The average Bonchev–Trinajstić information content (AvgIpc) is 2.89. The highest BCUT2D eigenvalue weighted by Crippen LogP contribution is 2.19. The van der Waals surface area contributed by atoms with E-state index in [4.69, 9.17) is 25.8 Å². The minimum atomic E-state index is -3.41. The van der Waals surface area contributed by atoms with Crippen molar-refractivity contribution in [1.82, 2.24) is 5.32 Å². The van der Waals surface area contributed by atoms with Crippen LogP contribution < -0.4 is 14.8 Å². The molecule has 0 aromatic heterocycles. The van der Waals surface area contributed by atoms with Crippen molar-refractivity contribution in [2.75, 3.05) is 19.5 Å². The Morgan fingerprint density at radius 2 is 1.54 bits per heavy atom. The second-order valence-corrected chi connectivity index (χ2v) is 10.5. The van der Waals surface area contributed by atoms with Crippen molar-refractivity contribution in [3.05, 3.63) is 88.9 Å². The molecular weight excluding hydrogens is 518 g/mol. The zero-order valence-electron chi connectivity index (χ0n) is 20.5. The van der Waals surface area contributed by atoms with Gasteiger partial charge in [0.25, 0.3) is 12.1 Å². The van der Waals surface area contributed by atoms with Crippen molar-refractivity contribution in [3.8, 4) is 11.5 Å². The molecule has 0 bridgehead atoms. The number of nitrogens with one attached hydrogen (secondary N) is 1. The molecule has 1 N–H and O–H groups in total. The van der Waals surface area contributed by atoms with Crippen LogP contribution in [0.5, 0.6) is 11.5 Å². The van der Waals surface area contributed by atoms with Crippen molar-refractivity contribution in [1.29, 1.82) is 0 Å². The fourth-order valence-electron chi connectivity index (χ4n) is 3.40. The van der Waals surface area contributed by atoms with Crippen LogP contribution in [0.3, 0.4) is 0 Å². The number of halogens is 1. The van der Waals surface area contributed by atoms with E-state index in [2.05, 4.69) is 5.32 Å². The van der Waals surface area contributed by atoms with E-state index < -0.39 is 27.9 Å². The van der Waals surface area contributed by atoms with Crippen molar-refractivity contribution in [2.24, 2.45) is 0 Å². The van der Waals surface area contributed by atoms with Gasteiger partial charge in [-0.25, -0.2) is 13.2 Å². The van der Waals surface area contributed by atoms with Gasteiger partial charge in [0, 0.05) is 10.6 Å². The Labute approximate surface area is 221 Å². The van der Waals surface area contributed by atoms with E-state index in [-0.39, 0.29) is 17.3 Å². The van der Waals surface area contributed by atoms with Gasteiger partial charge < -0.3 is 19.5 Å². The van der Waals surface area contributed by atoms with Gasteiger partial charge in [0.15, 0.2) is 9.84 Å². The maximum Gasteiger partial charge on any atom is 0.369 e. The highest BCUT2D eigenvalue weighted by molar-refractivity contribution is 7.91. The van der Waals surface area contributed by atoms with Gasteiger partial charge in [-0.1, -0.05) is 23.7 Å². The first kappa shape index (κ1) is 28.0. The number of aryl methyl sites for hydroxylation is 1. The topological polar surface area (TPSA) is 108 Å². The van der Waals surface area contributed by atoms with Crippen LogP contribution in [-0.4, -0.2) is 46.0 Å². The van der Waals surface area contributed by atoms with Crippen molar-refractivity contribution < 1.29 is 32.2 Å². The maximum atomic E-state index is 12.6. The molecule has 3 aromatic carbocycles. The number of rotatable bonds is 12. The molecule has 1 amide bonds. The smallest absolute Gasteiger partial charge is 0.369 e. The molecule has 0 spiro atoms. The van der Waals surface area contributed by atoms with E-state index in [1.54, 1.807) is 67.6 Å². The summed E-state index contributed by atoms with van der Waals surface area (Å²) in [5.41, 5.74) is 1.22. The van der Waals surface area contributed by atoms with Crippen LogP contribution in [-0.2, 0) is 25.8 Å². The lowest BCUT2D eigenvalue weighted by atomic mass is 10.1. The summed E-state index contributed by atoms with van der Waals surface area (Å²) in [6, 6.07) is 19.3. The van der Waals surface area contributed by atoms with Gasteiger partial charge in [-0.3, -0.25) is 4.79 Å². The van der Waals surface area contributed by atoms with Crippen molar-refractivity contribution in [2.45, 2.75) is 30.9 Å². The molecule has 37 heavy (non-hydrogen) atoms. The lowest BCUT2D eigenvalue weighted by Crippen LogP contribution is -2.46. The molecule has 0 radical (unpaired) electrons. The number of amides is 1. The SMILES string of the molecule is CCOC(=O)C(NC(=O)c1ccc(OC)cc1)Oc1ccc(CCCS(=O)(=O)c2ccc(Cl)cc2)cc1. The Hall–Kier alpha value is -3.56. The van der Waals surface area contributed by atoms with E-state index >= 15 is 0 Å². The van der Waals surface area contributed by atoms with Gasteiger partial charge in [0.05, 0.1) is 24.4 Å². The number of hydrogen-bond donors (Lipinski definition) is 1. The molecule has 0 heterocycles. The lowest BCUT2D eigenvalue weighted by Gasteiger charge is -2.19. The molecule has 8 nitrogen and oxygen atoms in total. The van der Waals surface area contributed by atoms with Crippen LogP contribution in [0.2, 0.25) is 5.02 Å². The highest BCUT2D eigenvalue weighted by atomic mass is 35.5. The van der Waals surface area contributed by atoms with E-state index in [1.165, 1.54) is 19.2 Å². The van der Waals surface area contributed by atoms with Gasteiger partial charge in [-0.15, -0.1) is 0 Å². The molecule has 196 valence electrons. The van der Waals surface area contributed by atoms with E-state index in [1.807, 2.05) is 0 Å². The normalized spacial score (nSPS) is 11.9. The van der Waals surface area contributed by atoms with Crippen LogP contribution in [0, 0.1) is 0 Å². The Bertz CT molecular complexity index is 1290. The molecule has 0 aliphatic rings. The molecule has 10 heteroatoms. The van der Waals surface area contributed by atoms with Gasteiger partial charge >= 0.3 is 5.97 Å². The monoisotopic (exact) mass is 545 g/mol. The molecule has 1 unspecified atom stereocenters.